The number of rotatable bonds is 9. The maximum atomic E-state index is 12.2. The fraction of sp³-hybridized carbons (Fsp3) is 0.296. The van der Waals surface area contributed by atoms with Crippen molar-refractivity contribution in [2.24, 2.45) is 0 Å². The van der Waals surface area contributed by atoms with Crippen molar-refractivity contribution >= 4 is 40.7 Å². The van der Waals surface area contributed by atoms with E-state index in [1.807, 2.05) is 53.4 Å². The van der Waals surface area contributed by atoms with Gasteiger partial charge in [0.05, 0.1) is 22.5 Å². The number of likely N-dealkylation sites (tertiary alicyclic amines) is 1. The maximum absolute atomic E-state index is 12.2. The molecule has 5 rings (SSSR count). The van der Waals surface area contributed by atoms with E-state index in [1.165, 1.54) is 25.9 Å². The Labute approximate surface area is 209 Å². The summed E-state index contributed by atoms with van der Waals surface area (Å²) in [6, 6.07) is 15.9. The molecule has 0 aliphatic carbocycles. The molecule has 3 heterocycles. The Bertz CT molecular complexity index is 1330. The van der Waals surface area contributed by atoms with Gasteiger partial charge in [-0.3, -0.25) is 14.6 Å². The van der Waals surface area contributed by atoms with Gasteiger partial charge in [-0.2, -0.15) is 10.2 Å². The van der Waals surface area contributed by atoms with Crippen LogP contribution in [0.3, 0.4) is 0 Å². The van der Waals surface area contributed by atoms with E-state index in [0.717, 1.165) is 51.6 Å². The number of aryl methyl sites for hydroxylation is 1. The Balaban J connectivity index is 1.24. The van der Waals surface area contributed by atoms with E-state index < -0.39 is 0 Å². The van der Waals surface area contributed by atoms with Crippen LogP contribution in [-0.4, -0.2) is 57.5 Å². The highest BCUT2D eigenvalue weighted by atomic mass is 32.2. The summed E-state index contributed by atoms with van der Waals surface area (Å²) < 4.78 is 2.03. The molecule has 1 amide bonds. The van der Waals surface area contributed by atoms with Crippen LogP contribution in [0.25, 0.3) is 23.1 Å². The highest BCUT2D eigenvalue weighted by molar-refractivity contribution is 7.99. The highest BCUT2D eigenvalue weighted by Gasteiger charge is 2.12. The Kier molecular flexibility index (Phi) is 7.30. The van der Waals surface area contributed by atoms with Crippen molar-refractivity contribution in [2.75, 3.05) is 26.7 Å². The minimum Gasteiger partial charge on any atom is -0.355 e. The lowest BCUT2D eigenvalue weighted by Gasteiger charge is -2.13. The molecule has 0 spiro atoms. The van der Waals surface area contributed by atoms with E-state index >= 15 is 0 Å². The molecule has 8 heteroatoms. The van der Waals surface area contributed by atoms with Gasteiger partial charge in [0.2, 0.25) is 0 Å². The summed E-state index contributed by atoms with van der Waals surface area (Å²) in [5.41, 5.74) is 3.44. The van der Waals surface area contributed by atoms with Gasteiger partial charge in [-0.25, -0.2) is 0 Å². The van der Waals surface area contributed by atoms with E-state index in [9.17, 15) is 4.79 Å². The maximum Gasteiger partial charge on any atom is 0.252 e. The molecular weight excluding hydrogens is 456 g/mol. The molecule has 2 N–H and O–H groups in total. The third-order valence-corrected chi connectivity index (χ3v) is 7.35. The van der Waals surface area contributed by atoms with Crippen LogP contribution in [0.1, 0.15) is 41.0 Å². The zero-order valence-corrected chi connectivity index (χ0v) is 20.7. The number of H-pyrrole nitrogens is 1. The van der Waals surface area contributed by atoms with Crippen LogP contribution in [0.5, 0.6) is 0 Å². The first-order valence-electron chi connectivity index (χ1n) is 12.1. The molecule has 4 aromatic rings. The van der Waals surface area contributed by atoms with Gasteiger partial charge in [0, 0.05) is 35.0 Å². The van der Waals surface area contributed by atoms with E-state index in [4.69, 9.17) is 0 Å². The molecule has 0 atom stereocenters. The summed E-state index contributed by atoms with van der Waals surface area (Å²) in [4.78, 5) is 16.7. The second-order valence-electron chi connectivity index (χ2n) is 8.73. The zero-order valence-electron chi connectivity index (χ0n) is 19.9. The van der Waals surface area contributed by atoms with Crippen molar-refractivity contribution in [3.63, 3.8) is 0 Å². The summed E-state index contributed by atoms with van der Waals surface area (Å²) >= 11 is 1.57. The molecule has 7 nitrogen and oxygen atoms in total. The average molecular weight is 487 g/mol. The van der Waals surface area contributed by atoms with Crippen LogP contribution in [0.15, 0.2) is 64.5 Å². The molecule has 0 saturated carbocycles. The number of aromatic nitrogens is 4. The molecule has 1 fully saturated rings. The largest absolute Gasteiger partial charge is 0.355 e. The van der Waals surface area contributed by atoms with Crippen molar-refractivity contribution in [1.82, 2.24) is 30.2 Å². The number of hydrogen-bond donors (Lipinski definition) is 2. The van der Waals surface area contributed by atoms with E-state index in [2.05, 4.69) is 43.7 Å². The van der Waals surface area contributed by atoms with Crippen molar-refractivity contribution in [3.05, 3.63) is 71.7 Å². The first kappa shape index (κ1) is 23.4. The summed E-state index contributed by atoms with van der Waals surface area (Å²) in [7, 11) is 1.65. The molecule has 1 aliphatic heterocycles. The van der Waals surface area contributed by atoms with Crippen LogP contribution in [-0.2, 0) is 6.54 Å². The monoisotopic (exact) mass is 486 g/mol. The Morgan fingerprint density at radius 3 is 2.83 bits per heavy atom. The molecule has 0 bridgehead atoms. The van der Waals surface area contributed by atoms with E-state index in [0.29, 0.717) is 5.56 Å². The van der Waals surface area contributed by atoms with Crippen LogP contribution < -0.4 is 5.32 Å². The van der Waals surface area contributed by atoms with Gasteiger partial charge < -0.3 is 10.2 Å². The second kappa shape index (κ2) is 10.9. The summed E-state index contributed by atoms with van der Waals surface area (Å²) in [6.07, 6.45) is 9.86. The number of hydrogen-bond acceptors (Lipinski definition) is 5. The quantitative estimate of drug-likeness (QED) is 0.351. The van der Waals surface area contributed by atoms with Crippen molar-refractivity contribution in [2.45, 2.75) is 35.6 Å². The molecule has 180 valence electrons. The van der Waals surface area contributed by atoms with Crippen LogP contribution in [0, 0.1) is 0 Å². The smallest absolute Gasteiger partial charge is 0.252 e. The SMILES string of the molecule is CNC(=O)c1ccccc1Sc1ccc2c(/C=C/c3ccn(CCCN4CCCC4)n3)n[nH]c2c1. The molecular formula is C27H30N6OS. The highest BCUT2D eigenvalue weighted by Crippen LogP contribution is 2.32. The fourth-order valence-corrected chi connectivity index (χ4v) is 5.42. The molecule has 35 heavy (non-hydrogen) atoms. The number of aromatic amines is 1. The van der Waals surface area contributed by atoms with Crippen molar-refractivity contribution < 1.29 is 4.79 Å². The summed E-state index contributed by atoms with van der Waals surface area (Å²) in [6.45, 7) is 4.59. The number of fused-ring (bicyclic) bond motifs is 1. The van der Waals surface area contributed by atoms with Gasteiger partial charge in [0.15, 0.2) is 0 Å². The van der Waals surface area contributed by atoms with Crippen molar-refractivity contribution in [1.29, 1.82) is 0 Å². The van der Waals surface area contributed by atoms with Gasteiger partial charge >= 0.3 is 0 Å². The summed E-state index contributed by atoms with van der Waals surface area (Å²) in [5.74, 6) is -0.0859. The standard InChI is InChI=1S/C27H30N6OS/c1-28-27(34)23-7-2-3-8-26(23)35-21-10-11-22-24(29-30-25(22)19-21)12-9-20-13-18-33(31-20)17-6-16-32-14-4-5-15-32/h2-3,7-13,18-19H,4-6,14-17H2,1H3,(H,28,34)(H,29,30)/b12-9+. The Morgan fingerprint density at radius 1 is 1.11 bits per heavy atom. The minimum atomic E-state index is -0.0859. The second-order valence-corrected chi connectivity index (χ2v) is 9.85. The third-order valence-electron chi connectivity index (χ3n) is 6.28. The van der Waals surface area contributed by atoms with Gasteiger partial charge in [0.25, 0.3) is 5.91 Å². The normalized spacial score (nSPS) is 14.3. The molecule has 1 saturated heterocycles. The lowest BCUT2D eigenvalue weighted by atomic mass is 10.2. The zero-order chi connectivity index (χ0) is 24.0. The van der Waals surface area contributed by atoms with Gasteiger partial charge in [-0.15, -0.1) is 0 Å². The topological polar surface area (TPSA) is 78.8 Å². The van der Waals surface area contributed by atoms with Crippen LogP contribution in [0.2, 0.25) is 0 Å². The minimum absolute atomic E-state index is 0.0859. The average Bonchev–Trinajstić information content (AvgIpc) is 3.64. The lowest BCUT2D eigenvalue weighted by Crippen LogP contribution is -2.21. The Hall–Kier alpha value is -3.36. The number of carbonyl (C=O) groups is 1. The molecule has 0 radical (unpaired) electrons. The number of nitrogens with one attached hydrogen (secondary N) is 2. The Morgan fingerprint density at radius 2 is 1.97 bits per heavy atom. The van der Waals surface area contributed by atoms with Gasteiger partial charge in [0.1, 0.15) is 0 Å². The predicted molar refractivity (Wildman–Crippen MR) is 141 cm³/mol. The molecule has 0 unspecified atom stereocenters. The number of nitrogens with zero attached hydrogens (tertiary/aromatic N) is 4. The van der Waals surface area contributed by atoms with Gasteiger partial charge in [-0.1, -0.05) is 23.9 Å². The van der Waals surface area contributed by atoms with Gasteiger partial charge in [-0.05, 0) is 87.4 Å². The first-order valence-corrected chi connectivity index (χ1v) is 12.9. The number of benzene rings is 2. The third kappa shape index (κ3) is 5.66. The lowest BCUT2D eigenvalue weighted by molar-refractivity contribution is 0.0960. The van der Waals surface area contributed by atoms with E-state index in [1.54, 1.807) is 18.8 Å². The number of carbonyl (C=O) groups excluding carboxylic acids is 1. The predicted octanol–water partition coefficient (Wildman–Crippen LogP) is 4.93. The summed E-state index contributed by atoms with van der Waals surface area (Å²) in [5, 5.41) is 16.1. The first-order chi connectivity index (χ1) is 17.2. The molecule has 2 aromatic carbocycles. The number of amides is 1. The van der Waals surface area contributed by atoms with Crippen LogP contribution >= 0.6 is 11.8 Å². The molecule has 2 aromatic heterocycles. The van der Waals surface area contributed by atoms with Crippen molar-refractivity contribution in [3.8, 4) is 0 Å². The van der Waals surface area contributed by atoms with E-state index in [-0.39, 0.29) is 5.91 Å². The molecule has 1 aliphatic rings. The fourth-order valence-electron chi connectivity index (χ4n) is 4.43. The van der Waals surface area contributed by atoms with Crippen LogP contribution in [0.4, 0.5) is 0 Å².